The summed E-state index contributed by atoms with van der Waals surface area (Å²) < 4.78 is 0. The van der Waals surface area contributed by atoms with Gasteiger partial charge in [0.15, 0.2) is 5.75 Å². The minimum absolute atomic E-state index is 0.381. The van der Waals surface area contributed by atoms with Crippen LogP contribution in [0.25, 0.3) is 0 Å². The van der Waals surface area contributed by atoms with Gasteiger partial charge in [-0.3, -0.25) is 4.98 Å². The van der Waals surface area contributed by atoms with Gasteiger partial charge in [0.05, 0.1) is 0 Å². The van der Waals surface area contributed by atoms with E-state index in [0.717, 1.165) is 12.2 Å². The molecule has 1 aliphatic heterocycles. The largest absolute Gasteiger partial charge is 0.408 e. The first-order chi connectivity index (χ1) is 5.36. The van der Waals surface area contributed by atoms with Crippen LogP contribution in [0, 0.1) is 0 Å². The lowest BCUT2D eigenvalue weighted by atomic mass is 10.1. The predicted octanol–water partition coefficient (Wildman–Crippen LogP) is 0.910. The molecule has 1 N–H and O–H groups in total. The van der Waals surface area contributed by atoms with Crippen LogP contribution in [0.1, 0.15) is 12.5 Å². The van der Waals surface area contributed by atoms with Crippen molar-refractivity contribution in [3.05, 3.63) is 24.0 Å². The average Bonchev–Trinajstić information content (AvgIpc) is 2.04. The highest BCUT2D eigenvalue weighted by Crippen LogP contribution is 2.20. The number of hydrogen-bond acceptors (Lipinski definition) is 3. The van der Waals surface area contributed by atoms with Gasteiger partial charge in [-0.15, -0.1) is 0 Å². The van der Waals surface area contributed by atoms with Crippen LogP contribution >= 0.6 is 0 Å². The molecule has 0 saturated carbocycles. The summed E-state index contributed by atoms with van der Waals surface area (Å²) in [6.07, 6.45) is 4.58. The Kier molecular flexibility index (Phi) is 1.51. The maximum atomic E-state index is 5.25. The van der Waals surface area contributed by atoms with E-state index in [1.54, 1.807) is 6.20 Å². The molecule has 0 amide bonds. The lowest BCUT2D eigenvalue weighted by Gasteiger charge is -2.21. The van der Waals surface area contributed by atoms with Crippen LogP contribution in [-0.2, 0) is 6.42 Å². The Labute approximate surface area is 65.4 Å². The highest BCUT2D eigenvalue weighted by Gasteiger charge is 2.14. The third kappa shape index (κ3) is 1.19. The molecule has 0 saturated heterocycles. The van der Waals surface area contributed by atoms with Gasteiger partial charge in [0.25, 0.3) is 0 Å². The van der Waals surface area contributed by atoms with Crippen molar-refractivity contribution < 1.29 is 4.84 Å². The minimum Gasteiger partial charge on any atom is -0.408 e. The zero-order valence-electron chi connectivity index (χ0n) is 6.37. The lowest BCUT2D eigenvalue weighted by molar-refractivity contribution is 0.141. The first-order valence-electron chi connectivity index (χ1n) is 3.71. The van der Waals surface area contributed by atoms with Gasteiger partial charge in [-0.2, -0.15) is 5.48 Å². The number of rotatable bonds is 0. The number of nitrogens with zero attached hydrogens (tertiary/aromatic N) is 1. The van der Waals surface area contributed by atoms with Crippen molar-refractivity contribution >= 4 is 0 Å². The number of pyridine rings is 1. The first kappa shape index (κ1) is 6.61. The SMILES string of the molecule is CC1Cc2cnccc2ON1. The van der Waals surface area contributed by atoms with Gasteiger partial charge in [0.1, 0.15) is 0 Å². The van der Waals surface area contributed by atoms with E-state index in [1.807, 2.05) is 12.3 Å². The van der Waals surface area contributed by atoms with E-state index in [4.69, 9.17) is 4.84 Å². The molecule has 0 radical (unpaired) electrons. The Morgan fingerprint density at radius 3 is 3.55 bits per heavy atom. The van der Waals surface area contributed by atoms with Crippen LogP contribution in [-0.4, -0.2) is 11.0 Å². The molecule has 58 valence electrons. The summed E-state index contributed by atoms with van der Waals surface area (Å²) in [5.74, 6) is 0.901. The molecule has 2 heterocycles. The van der Waals surface area contributed by atoms with Crippen molar-refractivity contribution in [2.24, 2.45) is 0 Å². The smallest absolute Gasteiger partial charge is 0.153 e. The molecule has 1 aliphatic rings. The highest BCUT2D eigenvalue weighted by molar-refractivity contribution is 5.31. The van der Waals surface area contributed by atoms with Gasteiger partial charge in [0, 0.05) is 30.1 Å². The van der Waals surface area contributed by atoms with Crippen LogP contribution in [0.2, 0.25) is 0 Å². The molecule has 0 bridgehead atoms. The fourth-order valence-electron chi connectivity index (χ4n) is 1.20. The number of nitrogens with one attached hydrogen (secondary N) is 1. The van der Waals surface area contributed by atoms with Crippen LogP contribution in [0.5, 0.6) is 5.75 Å². The lowest BCUT2D eigenvalue weighted by Crippen LogP contribution is -2.35. The maximum Gasteiger partial charge on any atom is 0.153 e. The van der Waals surface area contributed by atoms with Gasteiger partial charge >= 0.3 is 0 Å². The Morgan fingerprint density at radius 2 is 2.64 bits per heavy atom. The molecule has 0 spiro atoms. The summed E-state index contributed by atoms with van der Waals surface area (Å²) in [5.41, 5.74) is 4.09. The Bertz CT molecular complexity index is 262. The predicted molar refractivity (Wildman–Crippen MR) is 41.2 cm³/mol. The van der Waals surface area contributed by atoms with Crippen molar-refractivity contribution in [2.45, 2.75) is 19.4 Å². The molecule has 2 rings (SSSR count). The zero-order chi connectivity index (χ0) is 7.68. The van der Waals surface area contributed by atoms with Crippen LogP contribution in [0.15, 0.2) is 18.5 Å². The van der Waals surface area contributed by atoms with Gasteiger partial charge in [-0.25, -0.2) is 0 Å². The van der Waals surface area contributed by atoms with Gasteiger partial charge in [-0.05, 0) is 13.3 Å². The summed E-state index contributed by atoms with van der Waals surface area (Å²) in [6.45, 7) is 2.08. The van der Waals surface area contributed by atoms with Crippen molar-refractivity contribution in [3.63, 3.8) is 0 Å². The molecule has 0 fully saturated rings. The second kappa shape index (κ2) is 2.51. The van der Waals surface area contributed by atoms with Crippen molar-refractivity contribution in [1.29, 1.82) is 0 Å². The molecule has 1 atom stereocenters. The Hall–Kier alpha value is -1.09. The molecule has 1 aromatic heterocycles. The van der Waals surface area contributed by atoms with E-state index in [1.165, 1.54) is 5.56 Å². The minimum atomic E-state index is 0.381. The number of hydroxylamine groups is 1. The van der Waals surface area contributed by atoms with E-state index < -0.39 is 0 Å². The molecule has 1 aromatic rings. The van der Waals surface area contributed by atoms with Gasteiger partial charge < -0.3 is 4.84 Å². The van der Waals surface area contributed by atoms with Crippen molar-refractivity contribution in [1.82, 2.24) is 10.5 Å². The number of fused-ring (bicyclic) bond motifs is 1. The number of hydrogen-bond donors (Lipinski definition) is 1. The quantitative estimate of drug-likeness (QED) is 0.597. The highest BCUT2D eigenvalue weighted by atomic mass is 16.6. The Balaban J connectivity index is 2.34. The molecule has 0 aliphatic carbocycles. The maximum absolute atomic E-state index is 5.25. The summed E-state index contributed by atoms with van der Waals surface area (Å²) >= 11 is 0. The molecular weight excluding hydrogens is 140 g/mol. The van der Waals surface area contributed by atoms with Crippen LogP contribution in [0.4, 0.5) is 0 Å². The first-order valence-corrected chi connectivity index (χ1v) is 3.71. The van der Waals surface area contributed by atoms with Crippen molar-refractivity contribution in [3.8, 4) is 5.75 Å². The molecule has 3 nitrogen and oxygen atoms in total. The third-order valence-electron chi connectivity index (χ3n) is 1.76. The van der Waals surface area contributed by atoms with E-state index in [2.05, 4.69) is 17.4 Å². The second-order valence-electron chi connectivity index (χ2n) is 2.81. The monoisotopic (exact) mass is 150 g/mol. The summed E-state index contributed by atoms with van der Waals surface area (Å²) in [5, 5.41) is 0. The fraction of sp³-hybridized carbons (Fsp3) is 0.375. The normalized spacial score (nSPS) is 22.1. The fourth-order valence-corrected chi connectivity index (χ4v) is 1.20. The average molecular weight is 150 g/mol. The molecule has 0 aromatic carbocycles. The summed E-state index contributed by atoms with van der Waals surface area (Å²) in [6, 6.07) is 2.25. The summed E-state index contributed by atoms with van der Waals surface area (Å²) in [4.78, 5) is 9.27. The zero-order valence-corrected chi connectivity index (χ0v) is 6.37. The molecule has 11 heavy (non-hydrogen) atoms. The standard InChI is InChI=1S/C8H10N2O/c1-6-4-7-5-9-3-2-8(7)11-10-6/h2-3,5-6,10H,4H2,1H3. The van der Waals surface area contributed by atoms with Gasteiger partial charge in [-0.1, -0.05) is 0 Å². The number of aromatic nitrogens is 1. The van der Waals surface area contributed by atoms with E-state index >= 15 is 0 Å². The third-order valence-corrected chi connectivity index (χ3v) is 1.76. The van der Waals surface area contributed by atoms with E-state index in [0.29, 0.717) is 6.04 Å². The topological polar surface area (TPSA) is 34.1 Å². The van der Waals surface area contributed by atoms with E-state index in [9.17, 15) is 0 Å². The van der Waals surface area contributed by atoms with Gasteiger partial charge in [0.2, 0.25) is 0 Å². The summed E-state index contributed by atoms with van der Waals surface area (Å²) in [7, 11) is 0. The van der Waals surface area contributed by atoms with Crippen LogP contribution in [0.3, 0.4) is 0 Å². The molecule has 3 heteroatoms. The van der Waals surface area contributed by atoms with Crippen LogP contribution < -0.4 is 10.3 Å². The Morgan fingerprint density at radius 1 is 1.73 bits per heavy atom. The van der Waals surface area contributed by atoms with E-state index in [-0.39, 0.29) is 0 Å². The molecule has 1 unspecified atom stereocenters. The van der Waals surface area contributed by atoms with Crippen molar-refractivity contribution in [2.75, 3.05) is 0 Å². The second-order valence-corrected chi connectivity index (χ2v) is 2.81. The molecular formula is C8H10N2O.